The zero-order valence-electron chi connectivity index (χ0n) is 11.3. The highest BCUT2D eigenvalue weighted by molar-refractivity contribution is 9.10. The van der Waals surface area contributed by atoms with Gasteiger partial charge in [0.05, 0.1) is 11.0 Å². The summed E-state index contributed by atoms with van der Waals surface area (Å²) in [5, 5.41) is 13.0. The first-order valence-corrected chi connectivity index (χ1v) is 7.26. The van der Waals surface area contributed by atoms with Crippen LogP contribution in [0.5, 0.6) is 5.75 Å². The Morgan fingerprint density at radius 3 is 2.80 bits per heavy atom. The Balaban J connectivity index is 1.68. The number of hydrogen-bond donors (Lipinski definition) is 2. The van der Waals surface area contributed by atoms with Crippen LogP contribution in [0.15, 0.2) is 45.3 Å². The molecule has 108 valence electrons. The first kappa shape index (κ1) is 15.1. The number of aliphatic hydroxyl groups is 1. The van der Waals surface area contributed by atoms with E-state index in [9.17, 15) is 5.11 Å². The summed E-state index contributed by atoms with van der Waals surface area (Å²) in [7, 11) is 0. The van der Waals surface area contributed by atoms with Gasteiger partial charge in [-0.15, -0.1) is 0 Å². The molecule has 0 bridgehead atoms. The van der Waals surface area contributed by atoms with E-state index in [1.54, 1.807) is 0 Å². The number of ether oxygens (including phenoxy) is 1. The third-order valence-corrected chi connectivity index (χ3v) is 3.40. The van der Waals surface area contributed by atoms with E-state index >= 15 is 0 Å². The Bertz CT molecular complexity index is 541. The van der Waals surface area contributed by atoms with E-state index in [1.165, 1.54) is 0 Å². The lowest BCUT2D eigenvalue weighted by Gasteiger charge is -2.13. The van der Waals surface area contributed by atoms with Crippen LogP contribution in [0.2, 0.25) is 0 Å². The molecule has 0 saturated heterocycles. The van der Waals surface area contributed by atoms with Crippen molar-refractivity contribution in [3.8, 4) is 5.75 Å². The number of rotatable bonds is 7. The molecule has 2 N–H and O–H groups in total. The highest BCUT2D eigenvalue weighted by atomic mass is 79.9. The summed E-state index contributed by atoms with van der Waals surface area (Å²) in [6.45, 7) is 3.20. The SMILES string of the molecule is Cc1ccc(CNCC(O)COc2ccccc2Br)o1. The fraction of sp³-hybridized carbons (Fsp3) is 0.333. The van der Waals surface area contributed by atoms with Gasteiger partial charge in [-0.3, -0.25) is 0 Å². The van der Waals surface area contributed by atoms with Crippen LogP contribution in [0, 0.1) is 6.92 Å². The first-order valence-electron chi connectivity index (χ1n) is 6.46. The molecule has 0 fully saturated rings. The van der Waals surface area contributed by atoms with Crippen LogP contribution < -0.4 is 10.1 Å². The van der Waals surface area contributed by atoms with Crippen molar-refractivity contribution in [2.75, 3.05) is 13.2 Å². The molecule has 0 radical (unpaired) electrons. The molecule has 0 aliphatic carbocycles. The largest absolute Gasteiger partial charge is 0.490 e. The second kappa shape index (κ2) is 7.47. The van der Waals surface area contributed by atoms with Crippen LogP contribution in [0.3, 0.4) is 0 Å². The van der Waals surface area contributed by atoms with Crippen molar-refractivity contribution in [1.29, 1.82) is 0 Å². The third-order valence-electron chi connectivity index (χ3n) is 2.74. The van der Waals surface area contributed by atoms with Gasteiger partial charge in [-0.05, 0) is 47.1 Å². The van der Waals surface area contributed by atoms with Gasteiger partial charge in [-0.1, -0.05) is 12.1 Å². The number of para-hydroxylation sites is 1. The standard InChI is InChI=1S/C15H18BrNO3/c1-11-6-7-13(20-11)9-17-8-12(18)10-19-15-5-3-2-4-14(15)16/h2-7,12,17-18H,8-10H2,1H3. The monoisotopic (exact) mass is 339 g/mol. The van der Waals surface area contributed by atoms with Gasteiger partial charge in [-0.2, -0.15) is 0 Å². The zero-order valence-corrected chi connectivity index (χ0v) is 12.9. The third kappa shape index (κ3) is 4.67. The summed E-state index contributed by atoms with van der Waals surface area (Å²) in [6, 6.07) is 11.4. The molecule has 2 aromatic rings. The maximum atomic E-state index is 9.85. The summed E-state index contributed by atoms with van der Waals surface area (Å²) < 4.78 is 11.9. The second-order valence-electron chi connectivity index (χ2n) is 4.54. The van der Waals surface area contributed by atoms with E-state index in [-0.39, 0.29) is 6.61 Å². The van der Waals surface area contributed by atoms with E-state index in [2.05, 4.69) is 21.2 Å². The summed E-state index contributed by atoms with van der Waals surface area (Å²) in [5.74, 6) is 2.48. The number of hydrogen-bond acceptors (Lipinski definition) is 4. The van der Waals surface area contributed by atoms with Crippen LogP contribution in [-0.4, -0.2) is 24.4 Å². The molecule has 1 unspecified atom stereocenters. The highest BCUT2D eigenvalue weighted by Crippen LogP contribution is 2.23. The molecule has 0 amide bonds. The smallest absolute Gasteiger partial charge is 0.133 e. The molecular weight excluding hydrogens is 322 g/mol. The van der Waals surface area contributed by atoms with Crippen molar-refractivity contribution < 1.29 is 14.3 Å². The van der Waals surface area contributed by atoms with Crippen molar-refractivity contribution in [2.45, 2.75) is 19.6 Å². The second-order valence-corrected chi connectivity index (χ2v) is 5.39. The fourth-order valence-corrected chi connectivity index (χ4v) is 2.15. The molecule has 0 saturated carbocycles. The molecule has 2 rings (SSSR count). The van der Waals surface area contributed by atoms with Crippen molar-refractivity contribution in [1.82, 2.24) is 5.32 Å². The molecule has 1 aromatic carbocycles. The van der Waals surface area contributed by atoms with Gasteiger partial charge < -0.3 is 19.6 Å². The van der Waals surface area contributed by atoms with Crippen molar-refractivity contribution in [3.63, 3.8) is 0 Å². The average molecular weight is 340 g/mol. The minimum Gasteiger partial charge on any atom is -0.490 e. The molecule has 0 spiro atoms. The van der Waals surface area contributed by atoms with Crippen LogP contribution in [-0.2, 0) is 6.54 Å². The van der Waals surface area contributed by atoms with Crippen LogP contribution >= 0.6 is 15.9 Å². The Kier molecular flexibility index (Phi) is 5.64. The molecule has 1 aromatic heterocycles. The average Bonchev–Trinajstić information content (AvgIpc) is 2.83. The van der Waals surface area contributed by atoms with E-state index in [4.69, 9.17) is 9.15 Å². The molecule has 4 nitrogen and oxygen atoms in total. The Hall–Kier alpha value is -1.30. The van der Waals surface area contributed by atoms with E-state index < -0.39 is 6.10 Å². The fourth-order valence-electron chi connectivity index (χ4n) is 1.75. The number of aliphatic hydroxyl groups excluding tert-OH is 1. The number of furan rings is 1. The van der Waals surface area contributed by atoms with Crippen LogP contribution in [0.1, 0.15) is 11.5 Å². The van der Waals surface area contributed by atoms with Gasteiger partial charge >= 0.3 is 0 Å². The first-order chi connectivity index (χ1) is 9.65. The lowest BCUT2D eigenvalue weighted by molar-refractivity contribution is 0.105. The van der Waals surface area contributed by atoms with Crippen molar-refractivity contribution in [3.05, 3.63) is 52.4 Å². The quantitative estimate of drug-likeness (QED) is 0.814. The number of halogens is 1. The van der Waals surface area contributed by atoms with Crippen LogP contribution in [0.25, 0.3) is 0 Å². The normalized spacial score (nSPS) is 12.3. The van der Waals surface area contributed by atoms with Gasteiger partial charge in [0.25, 0.3) is 0 Å². The number of benzene rings is 1. The predicted molar refractivity (Wildman–Crippen MR) is 80.8 cm³/mol. The highest BCUT2D eigenvalue weighted by Gasteiger charge is 2.07. The summed E-state index contributed by atoms with van der Waals surface area (Å²) in [4.78, 5) is 0. The van der Waals surface area contributed by atoms with E-state index in [1.807, 2.05) is 43.3 Å². The van der Waals surface area contributed by atoms with Gasteiger partial charge in [0.15, 0.2) is 0 Å². The molecular formula is C15H18BrNO3. The maximum absolute atomic E-state index is 9.85. The van der Waals surface area contributed by atoms with Crippen molar-refractivity contribution >= 4 is 15.9 Å². The van der Waals surface area contributed by atoms with Gasteiger partial charge in [0.2, 0.25) is 0 Å². The number of nitrogens with one attached hydrogen (secondary N) is 1. The summed E-state index contributed by atoms with van der Waals surface area (Å²) in [5.41, 5.74) is 0. The summed E-state index contributed by atoms with van der Waals surface area (Å²) in [6.07, 6.45) is -0.571. The molecule has 5 heteroatoms. The minimum atomic E-state index is -0.571. The van der Waals surface area contributed by atoms with Crippen molar-refractivity contribution in [2.24, 2.45) is 0 Å². The zero-order chi connectivity index (χ0) is 14.4. The minimum absolute atomic E-state index is 0.243. The van der Waals surface area contributed by atoms with E-state index in [0.29, 0.717) is 13.1 Å². The lowest BCUT2D eigenvalue weighted by atomic mass is 10.3. The van der Waals surface area contributed by atoms with E-state index in [0.717, 1.165) is 21.7 Å². The maximum Gasteiger partial charge on any atom is 0.133 e. The van der Waals surface area contributed by atoms with Gasteiger partial charge in [-0.25, -0.2) is 0 Å². The lowest BCUT2D eigenvalue weighted by Crippen LogP contribution is -2.31. The molecule has 1 atom stereocenters. The van der Waals surface area contributed by atoms with Gasteiger partial charge in [0, 0.05) is 6.54 Å². The molecule has 0 aliphatic heterocycles. The van der Waals surface area contributed by atoms with Gasteiger partial charge in [0.1, 0.15) is 30.0 Å². The summed E-state index contributed by atoms with van der Waals surface area (Å²) >= 11 is 3.40. The topological polar surface area (TPSA) is 54.6 Å². The molecule has 20 heavy (non-hydrogen) atoms. The Morgan fingerprint density at radius 2 is 2.10 bits per heavy atom. The van der Waals surface area contributed by atoms with Crippen LogP contribution in [0.4, 0.5) is 0 Å². The molecule has 0 aliphatic rings. The Labute approximate surface area is 126 Å². The number of aryl methyl sites for hydroxylation is 1. The Morgan fingerprint density at radius 1 is 1.30 bits per heavy atom. The predicted octanol–water partition coefficient (Wildman–Crippen LogP) is 2.88. The molecule has 1 heterocycles.